The molecule has 1 aromatic carbocycles. The number of carbonyl (C=O) groups excluding carboxylic acids is 3. The number of hydrogen-bond donors (Lipinski definition) is 2. The third kappa shape index (κ3) is 4.70. The largest absolute Gasteiger partial charge is 0.368 e. The summed E-state index contributed by atoms with van der Waals surface area (Å²) in [6.45, 7) is -0.691. The first-order valence-corrected chi connectivity index (χ1v) is 6.57. The van der Waals surface area contributed by atoms with E-state index in [4.69, 9.17) is 11.5 Å². The Balaban J connectivity index is 2.90. The van der Waals surface area contributed by atoms with Crippen LogP contribution in [-0.4, -0.2) is 35.7 Å². The van der Waals surface area contributed by atoms with E-state index < -0.39 is 17.7 Å². The lowest BCUT2D eigenvalue weighted by atomic mass is 10.1. The van der Waals surface area contributed by atoms with Crippen LogP contribution in [0, 0.1) is 0 Å². The van der Waals surface area contributed by atoms with E-state index in [2.05, 4.69) is 15.9 Å². The smallest absolute Gasteiger partial charge is 0.254 e. The molecule has 19 heavy (non-hydrogen) atoms. The highest BCUT2D eigenvalue weighted by Crippen LogP contribution is 2.10. The molecule has 7 heteroatoms. The maximum atomic E-state index is 12.1. The summed E-state index contributed by atoms with van der Waals surface area (Å²) < 4.78 is 0. The highest BCUT2D eigenvalue weighted by Gasteiger charge is 2.19. The van der Waals surface area contributed by atoms with E-state index in [1.165, 1.54) is 0 Å². The number of hydrogen-bond acceptors (Lipinski definition) is 3. The number of carbonyl (C=O) groups is 3. The molecule has 0 atom stereocenters. The van der Waals surface area contributed by atoms with Gasteiger partial charge in [-0.1, -0.05) is 28.1 Å². The molecule has 0 fully saturated rings. The summed E-state index contributed by atoms with van der Waals surface area (Å²) in [4.78, 5) is 34.9. The summed E-state index contributed by atoms with van der Waals surface area (Å²) in [5.41, 5.74) is 11.5. The van der Waals surface area contributed by atoms with Crippen molar-refractivity contribution in [1.29, 1.82) is 0 Å². The van der Waals surface area contributed by atoms with Gasteiger partial charge in [-0.2, -0.15) is 0 Å². The summed E-state index contributed by atoms with van der Waals surface area (Å²) in [5, 5.41) is 0.674. The van der Waals surface area contributed by atoms with Crippen molar-refractivity contribution in [2.45, 2.75) is 5.33 Å². The van der Waals surface area contributed by atoms with Gasteiger partial charge in [-0.25, -0.2) is 0 Å². The van der Waals surface area contributed by atoms with Gasteiger partial charge in [-0.15, -0.1) is 0 Å². The van der Waals surface area contributed by atoms with Gasteiger partial charge in [0.05, 0.1) is 0 Å². The van der Waals surface area contributed by atoms with Crippen molar-refractivity contribution in [2.75, 3.05) is 13.1 Å². The van der Waals surface area contributed by atoms with Crippen molar-refractivity contribution in [1.82, 2.24) is 4.90 Å². The van der Waals surface area contributed by atoms with Gasteiger partial charge in [0.15, 0.2) is 0 Å². The van der Waals surface area contributed by atoms with E-state index >= 15 is 0 Å². The number of rotatable bonds is 6. The Bertz CT molecular complexity index is 471. The Morgan fingerprint density at radius 3 is 1.84 bits per heavy atom. The standard InChI is InChI=1S/C12H14BrN3O3/c13-5-8-1-3-9(4-2-8)12(19)16(6-10(14)17)7-11(15)18/h1-4H,5-7H2,(H2,14,17)(H2,15,18). The van der Waals surface area contributed by atoms with E-state index in [1.807, 2.05) is 0 Å². The van der Waals surface area contributed by atoms with Gasteiger partial charge in [0.25, 0.3) is 5.91 Å². The molecule has 0 bridgehead atoms. The summed E-state index contributed by atoms with van der Waals surface area (Å²) in [5.74, 6) is -1.86. The predicted molar refractivity (Wildman–Crippen MR) is 73.4 cm³/mol. The van der Waals surface area contributed by atoms with E-state index in [0.29, 0.717) is 10.9 Å². The molecule has 0 aromatic heterocycles. The zero-order chi connectivity index (χ0) is 14.4. The molecule has 0 heterocycles. The highest BCUT2D eigenvalue weighted by atomic mass is 79.9. The minimum atomic E-state index is -0.702. The molecule has 0 unspecified atom stereocenters. The first-order chi connectivity index (χ1) is 8.93. The zero-order valence-corrected chi connectivity index (χ0v) is 11.7. The van der Waals surface area contributed by atoms with Gasteiger partial charge in [0, 0.05) is 10.9 Å². The third-order valence-electron chi connectivity index (χ3n) is 2.34. The molecule has 1 aromatic rings. The topological polar surface area (TPSA) is 106 Å². The number of benzene rings is 1. The van der Waals surface area contributed by atoms with E-state index in [-0.39, 0.29) is 13.1 Å². The first-order valence-electron chi connectivity index (χ1n) is 5.45. The molecule has 1 rings (SSSR count). The molecule has 0 aliphatic carbocycles. The number of halogens is 1. The number of primary amides is 2. The number of alkyl halides is 1. The molecule has 0 saturated heterocycles. The summed E-state index contributed by atoms with van der Waals surface area (Å²) in [6, 6.07) is 6.78. The summed E-state index contributed by atoms with van der Waals surface area (Å²) >= 11 is 3.30. The fourth-order valence-corrected chi connectivity index (χ4v) is 1.87. The molecular weight excluding hydrogens is 314 g/mol. The van der Waals surface area contributed by atoms with Crippen LogP contribution in [0.25, 0.3) is 0 Å². The zero-order valence-electron chi connectivity index (χ0n) is 10.1. The number of amides is 3. The fourth-order valence-electron chi connectivity index (χ4n) is 1.49. The fraction of sp³-hybridized carbons (Fsp3) is 0.250. The molecule has 0 spiro atoms. The molecule has 6 nitrogen and oxygen atoms in total. The van der Waals surface area contributed by atoms with Crippen LogP contribution in [0.15, 0.2) is 24.3 Å². The summed E-state index contributed by atoms with van der Waals surface area (Å²) in [7, 11) is 0. The van der Waals surface area contributed by atoms with Crippen molar-refractivity contribution in [3.8, 4) is 0 Å². The SMILES string of the molecule is NC(=O)CN(CC(N)=O)C(=O)c1ccc(CBr)cc1. The van der Waals surface area contributed by atoms with Crippen molar-refractivity contribution < 1.29 is 14.4 Å². The van der Waals surface area contributed by atoms with Crippen molar-refractivity contribution >= 4 is 33.7 Å². The highest BCUT2D eigenvalue weighted by molar-refractivity contribution is 9.08. The lowest BCUT2D eigenvalue weighted by Crippen LogP contribution is -2.43. The minimum absolute atomic E-state index is 0.345. The van der Waals surface area contributed by atoms with Gasteiger partial charge < -0.3 is 16.4 Å². The van der Waals surface area contributed by atoms with Crippen molar-refractivity contribution in [2.24, 2.45) is 11.5 Å². The van der Waals surface area contributed by atoms with Gasteiger partial charge in [-0.05, 0) is 17.7 Å². The second-order valence-corrected chi connectivity index (χ2v) is 4.49. The maximum Gasteiger partial charge on any atom is 0.254 e. The molecule has 3 amide bonds. The van der Waals surface area contributed by atoms with Gasteiger partial charge in [-0.3, -0.25) is 14.4 Å². The van der Waals surface area contributed by atoms with Crippen LogP contribution in [-0.2, 0) is 14.9 Å². The monoisotopic (exact) mass is 327 g/mol. The Morgan fingerprint density at radius 2 is 1.47 bits per heavy atom. The van der Waals surface area contributed by atoms with E-state index in [0.717, 1.165) is 10.5 Å². The van der Waals surface area contributed by atoms with Crippen molar-refractivity contribution in [3.63, 3.8) is 0 Å². The van der Waals surface area contributed by atoms with Crippen LogP contribution in [0.3, 0.4) is 0 Å². The van der Waals surface area contributed by atoms with E-state index in [9.17, 15) is 14.4 Å². The van der Waals surface area contributed by atoms with Crippen LogP contribution in [0.5, 0.6) is 0 Å². The van der Waals surface area contributed by atoms with Crippen LogP contribution in [0.1, 0.15) is 15.9 Å². The van der Waals surface area contributed by atoms with Crippen LogP contribution in [0.4, 0.5) is 0 Å². The Kier molecular flexibility index (Phi) is 5.50. The Morgan fingerprint density at radius 1 is 1.00 bits per heavy atom. The average Bonchev–Trinajstić information content (AvgIpc) is 2.36. The lowest BCUT2D eigenvalue weighted by molar-refractivity contribution is -0.121. The molecule has 0 saturated carbocycles. The van der Waals surface area contributed by atoms with Gasteiger partial charge >= 0.3 is 0 Å². The molecule has 0 aliphatic rings. The molecule has 0 radical (unpaired) electrons. The second-order valence-electron chi connectivity index (χ2n) is 3.92. The molecular formula is C12H14BrN3O3. The van der Waals surface area contributed by atoms with Crippen LogP contribution >= 0.6 is 15.9 Å². The van der Waals surface area contributed by atoms with E-state index in [1.54, 1.807) is 24.3 Å². The average molecular weight is 328 g/mol. The predicted octanol–water partition coefficient (Wildman–Crippen LogP) is -0.00570. The Hall–Kier alpha value is -1.89. The number of nitrogens with zero attached hydrogens (tertiary/aromatic N) is 1. The van der Waals surface area contributed by atoms with Crippen molar-refractivity contribution in [3.05, 3.63) is 35.4 Å². The molecule has 4 N–H and O–H groups in total. The Labute approximate surface area is 118 Å². The number of nitrogens with two attached hydrogens (primary N) is 2. The minimum Gasteiger partial charge on any atom is -0.368 e. The van der Waals surface area contributed by atoms with Gasteiger partial charge in [0.1, 0.15) is 13.1 Å². The van der Waals surface area contributed by atoms with Crippen LogP contribution < -0.4 is 11.5 Å². The third-order valence-corrected chi connectivity index (χ3v) is 2.98. The molecule has 0 aliphatic heterocycles. The molecule has 102 valence electrons. The normalized spacial score (nSPS) is 9.95. The van der Waals surface area contributed by atoms with Crippen LogP contribution in [0.2, 0.25) is 0 Å². The van der Waals surface area contributed by atoms with Gasteiger partial charge in [0.2, 0.25) is 11.8 Å². The second kappa shape index (κ2) is 6.89. The summed E-state index contributed by atoms with van der Waals surface area (Å²) in [6.07, 6.45) is 0. The lowest BCUT2D eigenvalue weighted by Gasteiger charge is -2.19. The quantitative estimate of drug-likeness (QED) is 0.718. The first kappa shape index (κ1) is 15.2. The maximum absolute atomic E-state index is 12.1.